The number of piperidine rings is 1. The van der Waals surface area contributed by atoms with Crippen molar-refractivity contribution in [2.75, 3.05) is 13.1 Å². The van der Waals surface area contributed by atoms with E-state index in [0.717, 1.165) is 50.3 Å². The molecule has 5 aliphatic carbocycles. The van der Waals surface area contributed by atoms with Gasteiger partial charge in [-0.3, -0.25) is 9.69 Å². The Morgan fingerprint density at radius 3 is 2.76 bits per heavy atom. The predicted molar refractivity (Wildman–Crippen MR) is 139 cm³/mol. The maximum Gasteiger partial charge on any atom is 0.220 e. The molecule has 2 aromatic carbocycles. The maximum atomic E-state index is 13.2. The number of rotatable bonds is 6. The Hall–Kier alpha value is -2.57. The molecule has 6 heteroatoms. The van der Waals surface area contributed by atoms with Crippen molar-refractivity contribution in [2.45, 2.75) is 87.0 Å². The lowest BCUT2D eigenvalue weighted by molar-refractivity contribution is -0.254. The van der Waals surface area contributed by atoms with E-state index < -0.39 is 11.7 Å². The summed E-state index contributed by atoms with van der Waals surface area (Å²) in [5.41, 5.74) is 2.09. The summed E-state index contributed by atoms with van der Waals surface area (Å²) in [4.78, 5) is 16.0. The van der Waals surface area contributed by atoms with E-state index in [1.165, 1.54) is 24.0 Å². The fraction of sp³-hybridized carbons (Fsp3) is 0.581. The van der Waals surface area contributed by atoms with Gasteiger partial charge >= 0.3 is 0 Å². The molecule has 4 saturated carbocycles. The molecule has 2 spiro atoms. The molecule has 3 N–H and O–H groups in total. The van der Waals surface area contributed by atoms with E-state index in [0.29, 0.717) is 31.1 Å². The van der Waals surface area contributed by atoms with Crippen LogP contribution in [0.1, 0.15) is 61.6 Å². The summed E-state index contributed by atoms with van der Waals surface area (Å²) < 4.78 is 6.64. The molecule has 2 aliphatic heterocycles. The molecule has 7 aliphatic rings. The van der Waals surface area contributed by atoms with Crippen molar-refractivity contribution in [1.82, 2.24) is 10.2 Å². The van der Waals surface area contributed by atoms with E-state index in [2.05, 4.69) is 28.4 Å². The first-order valence-corrected chi connectivity index (χ1v) is 14.3. The summed E-state index contributed by atoms with van der Waals surface area (Å²) in [6.45, 7) is 2.17. The number of hydrogen-bond donors (Lipinski definition) is 3. The van der Waals surface area contributed by atoms with Crippen molar-refractivity contribution in [3.8, 4) is 11.5 Å². The monoisotopic (exact) mass is 500 g/mol. The topological polar surface area (TPSA) is 82.0 Å². The number of aromatic hydroxyl groups is 1. The molecule has 9 rings (SSSR count). The standard InChI is InChI=1S/C31H36N2O4/c34-22-10-9-21-16-24-29-12-13-31(36,23(17-29)32-25(35)11-8-19-4-2-1-3-5-19)28-30(29,26(21)27(22)37-28)14-15-33(24)18-20-6-7-20/h1-5,9-10,20,23-24,28,34,36H,6-8,11-18H2,(H,32,35)/t23-,24+,28+,29+,30-,31-/m0/s1. The minimum absolute atomic E-state index is 0.00451. The van der Waals surface area contributed by atoms with Crippen LogP contribution in [0.15, 0.2) is 42.5 Å². The number of aliphatic hydroxyl groups is 1. The largest absolute Gasteiger partial charge is 0.504 e. The van der Waals surface area contributed by atoms with E-state index >= 15 is 0 Å². The van der Waals surface area contributed by atoms with Crippen LogP contribution in [0.5, 0.6) is 11.5 Å². The SMILES string of the molecule is O=C(CCc1ccccc1)N[C@H]1C[C@@]23CC[C@@]1(O)[C@@H]1Oc4c(O)ccc5c4[C@@]12CCN(CC1CC1)[C@@H]3C5. The molecule has 2 heterocycles. The van der Waals surface area contributed by atoms with E-state index in [1.807, 2.05) is 18.2 Å². The van der Waals surface area contributed by atoms with Crippen molar-refractivity contribution >= 4 is 5.91 Å². The van der Waals surface area contributed by atoms with Gasteiger partial charge in [0.25, 0.3) is 0 Å². The van der Waals surface area contributed by atoms with E-state index in [9.17, 15) is 15.0 Å². The number of fused-ring (bicyclic) bond motifs is 2. The zero-order valence-electron chi connectivity index (χ0n) is 21.3. The van der Waals surface area contributed by atoms with Gasteiger partial charge in [0.2, 0.25) is 5.91 Å². The highest BCUT2D eigenvalue weighted by molar-refractivity contribution is 5.77. The smallest absolute Gasteiger partial charge is 0.220 e. The number of ether oxygens (including phenoxy) is 1. The van der Waals surface area contributed by atoms with Crippen LogP contribution in [0.4, 0.5) is 0 Å². The van der Waals surface area contributed by atoms with Gasteiger partial charge in [-0.1, -0.05) is 36.4 Å². The Morgan fingerprint density at radius 1 is 1.11 bits per heavy atom. The summed E-state index contributed by atoms with van der Waals surface area (Å²) in [6.07, 6.45) is 7.58. The molecule has 194 valence electrons. The van der Waals surface area contributed by atoms with Crippen LogP contribution in [0.25, 0.3) is 0 Å². The van der Waals surface area contributed by atoms with Crippen molar-refractivity contribution in [1.29, 1.82) is 0 Å². The number of nitrogens with one attached hydrogen (secondary N) is 1. The van der Waals surface area contributed by atoms with Crippen molar-refractivity contribution in [3.63, 3.8) is 0 Å². The van der Waals surface area contributed by atoms with Gasteiger partial charge in [0.05, 0.1) is 6.04 Å². The summed E-state index contributed by atoms with van der Waals surface area (Å²) in [5.74, 6) is 1.59. The quantitative estimate of drug-likeness (QED) is 0.566. The number of likely N-dealkylation sites (tertiary alicyclic amines) is 1. The van der Waals surface area contributed by atoms with Gasteiger partial charge in [-0.15, -0.1) is 0 Å². The first kappa shape index (κ1) is 22.4. The van der Waals surface area contributed by atoms with Crippen LogP contribution in [0.2, 0.25) is 0 Å². The first-order valence-electron chi connectivity index (χ1n) is 14.3. The Morgan fingerprint density at radius 2 is 1.95 bits per heavy atom. The highest BCUT2D eigenvalue weighted by Gasteiger charge is 2.80. The lowest BCUT2D eigenvalue weighted by Gasteiger charge is -2.73. The Bertz CT molecular complexity index is 1280. The third-order valence-corrected chi connectivity index (χ3v) is 11.1. The lowest BCUT2D eigenvalue weighted by Crippen LogP contribution is -2.83. The number of carbonyl (C=O) groups excluding carboxylic acids is 1. The van der Waals surface area contributed by atoms with Crippen molar-refractivity contribution < 1.29 is 19.7 Å². The first-order chi connectivity index (χ1) is 17.9. The second-order valence-electron chi connectivity index (χ2n) is 12.8. The zero-order valence-corrected chi connectivity index (χ0v) is 21.3. The van der Waals surface area contributed by atoms with Crippen LogP contribution in [-0.2, 0) is 23.1 Å². The van der Waals surface area contributed by atoms with Crippen molar-refractivity contribution in [2.24, 2.45) is 11.3 Å². The highest BCUT2D eigenvalue weighted by Crippen LogP contribution is 2.75. The minimum Gasteiger partial charge on any atom is -0.504 e. The Kier molecular flexibility index (Phi) is 4.55. The number of carbonyl (C=O) groups is 1. The second-order valence-corrected chi connectivity index (χ2v) is 12.8. The number of aryl methyl sites for hydroxylation is 1. The highest BCUT2D eigenvalue weighted by atomic mass is 16.5. The number of phenolic OH excluding ortho intramolecular Hbond substituents is 1. The molecule has 4 bridgehead atoms. The fourth-order valence-electron chi connectivity index (χ4n) is 9.40. The van der Waals surface area contributed by atoms with Crippen LogP contribution < -0.4 is 10.1 Å². The van der Waals surface area contributed by atoms with Gasteiger partial charge in [0, 0.05) is 35.4 Å². The van der Waals surface area contributed by atoms with E-state index in [-0.39, 0.29) is 28.5 Å². The van der Waals surface area contributed by atoms with Crippen LogP contribution in [0, 0.1) is 11.3 Å². The molecule has 0 radical (unpaired) electrons. The van der Waals surface area contributed by atoms with Gasteiger partial charge in [-0.05, 0) is 81.0 Å². The molecular formula is C31H36N2O4. The van der Waals surface area contributed by atoms with Crippen LogP contribution in [0.3, 0.4) is 0 Å². The van der Waals surface area contributed by atoms with E-state index in [4.69, 9.17) is 4.74 Å². The molecule has 5 fully saturated rings. The average molecular weight is 501 g/mol. The molecule has 0 unspecified atom stereocenters. The van der Waals surface area contributed by atoms with E-state index in [1.54, 1.807) is 6.07 Å². The second kappa shape index (κ2) is 7.51. The third kappa shape index (κ3) is 2.86. The lowest BCUT2D eigenvalue weighted by atomic mass is 9.36. The summed E-state index contributed by atoms with van der Waals surface area (Å²) in [6, 6.07) is 14.0. The molecular weight excluding hydrogens is 464 g/mol. The van der Waals surface area contributed by atoms with Crippen LogP contribution in [-0.4, -0.2) is 57.9 Å². The van der Waals surface area contributed by atoms with Gasteiger partial charge < -0.3 is 20.3 Å². The summed E-state index contributed by atoms with van der Waals surface area (Å²) in [5, 5.41) is 26.5. The van der Waals surface area contributed by atoms with Gasteiger partial charge in [-0.2, -0.15) is 0 Å². The number of phenols is 1. The van der Waals surface area contributed by atoms with Gasteiger partial charge in [0.15, 0.2) is 11.5 Å². The summed E-state index contributed by atoms with van der Waals surface area (Å²) in [7, 11) is 0. The minimum atomic E-state index is -1.15. The molecule has 0 aromatic heterocycles. The summed E-state index contributed by atoms with van der Waals surface area (Å²) >= 11 is 0. The predicted octanol–water partition coefficient (Wildman–Crippen LogP) is 3.46. The molecule has 37 heavy (non-hydrogen) atoms. The third-order valence-electron chi connectivity index (χ3n) is 11.1. The maximum absolute atomic E-state index is 13.2. The van der Waals surface area contributed by atoms with Crippen molar-refractivity contribution in [3.05, 3.63) is 59.2 Å². The van der Waals surface area contributed by atoms with Gasteiger partial charge in [0.1, 0.15) is 11.7 Å². The zero-order chi connectivity index (χ0) is 25.0. The molecule has 6 nitrogen and oxygen atoms in total. The number of hydrogen-bond acceptors (Lipinski definition) is 5. The fourth-order valence-corrected chi connectivity index (χ4v) is 9.40. The normalized spacial score (nSPS) is 38.7. The Labute approximate surface area is 218 Å². The Balaban J connectivity index is 1.17. The van der Waals surface area contributed by atoms with Crippen LogP contribution >= 0.6 is 0 Å². The number of benzene rings is 2. The molecule has 2 aromatic rings. The van der Waals surface area contributed by atoms with Gasteiger partial charge in [-0.25, -0.2) is 0 Å². The number of nitrogens with zero attached hydrogens (tertiary/aromatic N) is 1. The average Bonchev–Trinajstić information content (AvgIpc) is 3.64. The number of amides is 1. The molecule has 1 amide bonds. The molecule has 6 atom stereocenters. The molecule has 1 saturated heterocycles.